The first-order chi connectivity index (χ1) is 10.8. The van der Waals surface area contributed by atoms with E-state index in [-0.39, 0.29) is 11.8 Å². The lowest BCUT2D eigenvalue weighted by molar-refractivity contribution is 0.0897. The topological polar surface area (TPSA) is 84.2 Å². The van der Waals surface area contributed by atoms with Crippen molar-refractivity contribution in [3.63, 3.8) is 0 Å². The summed E-state index contributed by atoms with van der Waals surface area (Å²) in [5, 5.41) is 6.70. The van der Waals surface area contributed by atoms with Crippen molar-refractivity contribution in [1.29, 1.82) is 0 Å². The van der Waals surface area contributed by atoms with Crippen LogP contribution >= 0.6 is 0 Å². The van der Waals surface area contributed by atoms with Gasteiger partial charge in [-0.15, -0.1) is 0 Å². The van der Waals surface area contributed by atoms with Gasteiger partial charge in [0.05, 0.1) is 0 Å². The molecule has 1 aliphatic heterocycles. The van der Waals surface area contributed by atoms with Crippen LogP contribution in [0.5, 0.6) is 0 Å². The maximum absolute atomic E-state index is 12.1. The lowest BCUT2D eigenvalue weighted by Crippen LogP contribution is -2.40. The second-order valence-electron chi connectivity index (χ2n) is 5.30. The van der Waals surface area contributed by atoms with Gasteiger partial charge in [0.15, 0.2) is 0 Å². The Morgan fingerprint density at radius 2 is 2.45 bits per heavy atom. The Kier molecular flexibility index (Phi) is 4.43. The molecule has 0 bridgehead atoms. The molecule has 1 saturated heterocycles. The average molecular weight is 301 g/mol. The fourth-order valence-corrected chi connectivity index (χ4v) is 2.76. The Morgan fingerprint density at radius 3 is 3.23 bits per heavy atom. The van der Waals surface area contributed by atoms with E-state index in [1.165, 1.54) is 6.42 Å². The van der Waals surface area contributed by atoms with Gasteiger partial charge < -0.3 is 9.84 Å². The predicted molar refractivity (Wildman–Crippen MR) is 80.1 cm³/mol. The fourth-order valence-electron chi connectivity index (χ4n) is 2.76. The number of carbonyl (C=O) groups excluding carboxylic acids is 1. The summed E-state index contributed by atoms with van der Waals surface area (Å²) in [5.74, 6) is 0.0276. The molecule has 22 heavy (non-hydrogen) atoms. The van der Waals surface area contributed by atoms with Crippen LogP contribution in [0.25, 0.3) is 11.4 Å². The molecular weight excluding hydrogens is 282 g/mol. The summed E-state index contributed by atoms with van der Waals surface area (Å²) in [7, 11) is 0. The number of pyridine rings is 1. The van der Waals surface area contributed by atoms with Gasteiger partial charge in [-0.05, 0) is 38.1 Å². The largest absolute Gasteiger partial charge is 0.346 e. The van der Waals surface area contributed by atoms with Crippen molar-refractivity contribution in [2.24, 2.45) is 0 Å². The van der Waals surface area contributed by atoms with E-state index in [0.29, 0.717) is 18.4 Å². The molecule has 0 aliphatic carbocycles. The highest BCUT2D eigenvalue weighted by Crippen LogP contribution is 2.16. The van der Waals surface area contributed by atoms with Crippen LogP contribution in [0.3, 0.4) is 0 Å². The van der Waals surface area contributed by atoms with Gasteiger partial charge in [-0.1, -0.05) is 12.1 Å². The Labute approximate surface area is 128 Å². The van der Waals surface area contributed by atoms with Crippen molar-refractivity contribution in [2.75, 3.05) is 19.6 Å². The van der Waals surface area contributed by atoms with Crippen molar-refractivity contribution < 1.29 is 9.32 Å². The van der Waals surface area contributed by atoms with E-state index in [9.17, 15) is 4.79 Å². The molecule has 2 aromatic rings. The van der Waals surface area contributed by atoms with Gasteiger partial charge in [0, 0.05) is 30.5 Å². The molecule has 2 aromatic heterocycles. The highest BCUT2D eigenvalue weighted by Gasteiger charge is 2.24. The molecule has 1 N–H and O–H groups in total. The molecule has 0 aromatic carbocycles. The van der Waals surface area contributed by atoms with Gasteiger partial charge in [0.25, 0.3) is 0 Å². The molecular formula is C15H19N5O2. The monoisotopic (exact) mass is 301 g/mol. The zero-order valence-electron chi connectivity index (χ0n) is 12.5. The SMILES string of the molecule is CCN1CCC[C@@H]1CNC(=O)c1nc(-c2cccnc2)no1. The number of carbonyl (C=O) groups is 1. The highest BCUT2D eigenvalue weighted by atomic mass is 16.5. The summed E-state index contributed by atoms with van der Waals surface area (Å²) in [6.45, 7) is 4.85. The van der Waals surface area contributed by atoms with Gasteiger partial charge in [0.2, 0.25) is 5.82 Å². The van der Waals surface area contributed by atoms with Crippen molar-refractivity contribution in [2.45, 2.75) is 25.8 Å². The fraction of sp³-hybridized carbons (Fsp3) is 0.467. The van der Waals surface area contributed by atoms with Crippen molar-refractivity contribution >= 4 is 5.91 Å². The third-order valence-corrected chi connectivity index (χ3v) is 3.94. The molecule has 1 aliphatic rings. The number of likely N-dealkylation sites (tertiary alicyclic amines) is 1. The number of hydrogen-bond donors (Lipinski definition) is 1. The minimum Gasteiger partial charge on any atom is -0.346 e. The number of nitrogens with zero attached hydrogens (tertiary/aromatic N) is 4. The summed E-state index contributed by atoms with van der Waals surface area (Å²) in [4.78, 5) is 22.6. The number of amides is 1. The summed E-state index contributed by atoms with van der Waals surface area (Å²) >= 11 is 0. The van der Waals surface area contributed by atoms with E-state index in [4.69, 9.17) is 4.52 Å². The Hall–Kier alpha value is -2.28. The molecule has 0 spiro atoms. The minimum atomic E-state index is -0.328. The number of hydrogen-bond acceptors (Lipinski definition) is 6. The van der Waals surface area contributed by atoms with Crippen LogP contribution < -0.4 is 5.32 Å². The first-order valence-corrected chi connectivity index (χ1v) is 7.54. The summed E-state index contributed by atoms with van der Waals surface area (Å²) in [5.41, 5.74) is 0.721. The lowest BCUT2D eigenvalue weighted by Gasteiger charge is -2.22. The highest BCUT2D eigenvalue weighted by molar-refractivity contribution is 5.89. The second kappa shape index (κ2) is 6.65. The minimum absolute atomic E-state index is 0.0140. The molecule has 0 saturated carbocycles. The number of likely N-dealkylation sites (N-methyl/N-ethyl adjacent to an activating group) is 1. The molecule has 7 heteroatoms. The number of rotatable bonds is 5. The zero-order chi connectivity index (χ0) is 15.4. The number of nitrogens with one attached hydrogen (secondary N) is 1. The average Bonchev–Trinajstić information content (AvgIpc) is 3.22. The first-order valence-electron chi connectivity index (χ1n) is 7.54. The van der Waals surface area contributed by atoms with Gasteiger partial charge >= 0.3 is 11.8 Å². The maximum Gasteiger partial charge on any atom is 0.316 e. The van der Waals surface area contributed by atoms with Gasteiger partial charge in [-0.25, -0.2) is 0 Å². The van der Waals surface area contributed by atoms with Crippen LogP contribution in [0.1, 0.15) is 30.5 Å². The standard InChI is InChI=1S/C15H19N5O2/c1-2-20-8-4-6-12(20)10-17-14(21)15-18-13(19-22-15)11-5-3-7-16-9-11/h3,5,7,9,12H,2,4,6,8,10H2,1H3,(H,17,21)/t12-/m1/s1. The van der Waals surface area contributed by atoms with Crippen LogP contribution in [0.4, 0.5) is 0 Å². The van der Waals surface area contributed by atoms with E-state index in [1.807, 2.05) is 6.07 Å². The maximum atomic E-state index is 12.1. The van der Waals surface area contributed by atoms with Crippen molar-refractivity contribution in [1.82, 2.24) is 25.3 Å². The van der Waals surface area contributed by atoms with Gasteiger partial charge in [0.1, 0.15) is 0 Å². The molecule has 1 fully saturated rings. The molecule has 0 radical (unpaired) electrons. The molecule has 3 heterocycles. The van der Waals surface area contributed by atoms with Crippen molar-refractivity contribution in [3.8, 4) is 11.4 Å². The molecule has 1 atom stereocenters. The third kappa shape index (κ3) is 3.14. The Balaban J connectivity index is 1.60. The van der Waals surface area contributed by atoms with E-state index in [0.717, 1.165) is 25.1 Å². The summed E-state index contributed by atoms with van der Waals surface area (Å²) in [6, 6.07) is 4.00. The molecule has 116 valence electrons. The van der Waals surface area contributed by atoms with E-state index < -0.39 is 0 Å². The van der Waals surface area contributed by atoms with Crippen LogP contribution in [0, 0.1) is 0 Å². The lowest BCUT2D eigenvalue weighted by atomic mass is 10.2. The van der Waals surface area contributed by atoms with E-state index in [1.54, 1.807) is 18.5 Å². The van der Waals surface area contributed by atoms with Gasteiger partial charge in [-0.3, -0.25) is 14.7 Å². The summed E-state index contributed by atoms with van der Waals surface area (Å²) < 4.78 is 5.03. The molecule has 3 rings (SSSR count). The summed E-state index contributed by atoms with van der Waals surface area (Å²) in [6.07, 6.45) is 5.58. The van der Waals surface area contributed by atoms with Crippen molar-refractivity contribution in [3.05, 3.63) is 30.4 Å². The normalized spacial score (nSPS) is 18.5. The third-order valence-electron chi connectivity index (χ3n) is 3.94. The second-order valence-corrected chi connectivity index (χ2v) is 5.30. The predicted octanol–water partition coefficient (Wildman–Crippen LogP) is 1.35. The van der Waals surface area contributed by atoms with Crippen LogP contribution in [-0.4, -0.2) is 51.6 Å². The first kappa shape index (κ1) is 14.6. The quantitative estimate of drug-likeness (QED) is 0.897. The van der Waals surface area contributed by atoms with Crippen LogP contribution in [0.2, 0.25) is 0 Å². The Bertz CT molecular complexity index is 628. The van der Waals surface area contributed by atoms with Crippen LogP contribution in [-0.2, 0) is 0 Å². The zero-order valence-corrected chi connectivity index (χ0v) is 12.5. The van der Waals surface area contributed by atoms with E-state index >= 15 is 0 Å². The molecule has 7 nitrogen and oxygen atoms in total. The van der Waals surface area contributed by atoms with E-state index in [2.05, 4.69) is 32.3 Å². The smallest absolute Gasteiger partial charge is 0.316 e. The van der Waals surface area contributed by atoms with Crippen LogP contribution in [0.15, 0.2) is 29.0 Å². The number of aromatic nitrogens is 3. The van der Waals surface area contributed by atoms with Gasteiger partial charge in [-0.2, -0.15) is 4.98 Å². The molecule has 0 unspecified atom stereocenters. The Morgan fingerprint density at radius 1 is 1.55 bits per heavy atom. The molecule has 1 amide bonds.